The summed E-state index contributed by atoms with van der Waals surface area (Å²) in [6, 6.07) is 0. The SMILES string of the molecule is CCN(CC)c1ncc(Cl)c(C(=O)NCc2ncc(C)c(OC)c2C)n1. The number of nitrogens with zero attached hydrogens (tertiary/aromatic N) is 4. The third kappa shape index (κ3) is 4.22. The lowest BCUT2D eigenvalue weighted by Gasteiger charge is -2.19. The Morgan fingerprint density at radius 3 is 2.54 bits per heavy atom. The van der Waals surface area contributed by atoms with Crippen LogP contribution in [0.25, 0.3) is 0 Å². The van der Waals surface area contributed by atoms with Crippen molar-refractivity contribution < 1.29 is 9.53 Å². The maximum atomic E-state index is 12.6. The summed E-state index contributed by atoms with van der Waals surface area (Å²) in [5, 5.41) is 3.03. The number of anilines is 1. The largest absolute Gasteiger partial charge is 0.496 e. The van der Waals surface area contributed by atoms with Gasteiger partial charge in [-0.3, -0.25) is 9.78 Å². The zero-order chi connectivity index (χ0) is 19.3. The molecule has 0 fully saturated rings. The van der Waals surface area contributed by atoms with Gasteiger partial charge in [-0.1, -0.05) is 11.6 Å². The van der Waals surface area contributed by atoms with Crippen molar-refractivity contribution in [3.05, 3.63) is 39.9 Å². The normalized spacial score (nSPS) is 10.5. The number of nitrogens with one attached hydrogen (secondary N) is 1. The Labute approximate surface area is 158 Å². The van der Waals surface area contributed by atoms with Gasteiger partial charge in [0.1, 0.15) is 5.75 Å². The lowest BCUT2D eigenvalue weighted by molar-refractivity contribution is 0.0945. The van der Waals surface area contributed by atoms with Crippen molar-refractivity contribution in [1.82, 2.24) is 20.3 Å². The molecule has 0 radical (unpaired) electrons. The summed E-state index contributed by atoms with van der Waals surface area (Å²) in [4.78, 5) is 27.4. The Morgan fingerprint density at radius 1 is 1.23 bits per heavy atom. The molecule has 1 amide bonds. The molecule has 0 atom stereocenters. The van der Waals surface area contributed by atoms with Gasteiger partial charge in [-0.25, -0.2) is 9.97 Å². The van der Waals surface area contributed by atoms with Gasteiger partial charge in [-0.2, -0.15) is 0 Å². The van der Waals surface area contributed by atoms with Gasteiger partial charge in [-0.05, 0) is 27.7 Å². The Kier molecular flexibility index (Phi) is 6.74. The third-order valence-corrected chi connectivity index (χ3v) is 4.44. The fourth-order valence-electron chi connectivity index (χ4n) is 2.67. The van der Waals surface area contributed by atoms with Crippen LogP contribution < -0.4 is 15.0 Å². The van der Waals surface area contributed by atoms with E-state index >= 15 is 0 Å². The number of pyridine rings is 1. The van der Waals surface area contributed by atoms with Crippen LogP contribution in [0.5, 0.6) is 5.75 Å². The Bertz CT molecular complexity index is 793. The van der Waals surface area contributed by atoms with Gasteiger partial charge < -0.3 is 15.0 Å². The summed E-state index contributed by atoms with van der Waals surface area (Å²) >= 11 is 6.12. The minimum atomic E-state index is -0.369. The van der Waals surface area contributed by atoms with Crippen molar-refractivity contribution in [3.8, 4) is 5.75 Å². The second kappa shape index (κ2) is 8.80. The van der Waals surface area contributed by atoms with E-state index in [4.69, 9.17) is 16.3 Å². The second-order valence-electron chi connectivity index (χ2n) is 5.77. The standard InChI is InChI=1S/C18H24ClN5O2/c1-6-24(7-2)18-22-9-13(19)15(23-18)17(25)21-10-14-12(4)16(26-5)11(3)8-20-14/h8-9H,6-7,10H2,1-5H3,(H,21,25). The summed E-state index contributed by atoms with van der Waals surface area (Å²) in [6.45, 7) is 9.58. The monoisotopic (exact) mass is 377 g/mol. The van der Waals surface area contributed by atoms with E-state index in [1.807, 2.05) is 32.6 Å². The number of carbonyl (C=O) groups is 1. The minimum Gasteiger partial charge on any atom is -0.496 e. The quantitative estimate of drug-likeness (QED) is 0.799. The van der Waals surface area contributed by atoms with E-state index in [1.54, 1.807) is 13.3 Å². The molecule has 0 unspecified atom stereocenters. The van der Waals surface area contributed by atoms with Crippen molar-refractivity contribution in [3.63, 3.8) is 0 Å². The minimum absolute atomic E-state index is 0.153. The summed E-state index contributed by atoms with van der Waals surface area (Å²) in [5.74, 6) is 0.885. The zero-order valence-electron chi connectivity index (χ0n) is 15.8. The molecule has 140 valence electrons. The van der Waals surface area contributed by atoms with Crippen LogP contribution in [0.3, 0.4) is 0 Å². The fourth-order valence-corrected chi connectivity index (χ4v) is 2.85. The Hall–Kier alpha value is -2.41. The molecular formula is C18H24ClN5O2. The molecule has 0 aliphatic carbocycles. The van der Waals surface area contributed by atoms with Crippen LogP contribution in [0.15, 0.2) is 12.4 Å². The van der Waals surface area contributed by atoms with Crippen LogP contribution in [0.2, 0.25) is 5.02 Å². The molecular weight excluding hydrogens is 354 g/mol. The number of carbonyl (C=O) groups excluding carboxylic acids is 1. The van der Waals surface area contributed by atoms with E-state index < -0.39 is 0 Å². The second-order valence-corrected chi connectivity index (χ2v) is 6.17. The smallest absolute Gasteiger partial charge is 0.271 e. The van der Waals surface area contributed by atoms with Gasteiger partial charge in [0, 0.05) is 30.4 Å². The van der Waals surface area contributed by atoms with E-state index in [9.17, 15) is 4.79 Å². The van der Waals surface area contributed by atoms with Crippen molar-refractivity contribution in [2.75, 3.05) is 25.1 Å². The van der Waals surface area contributed by atoms with E-state index in [-0.39, 0.29) is 23.2 Å². The first-order valence-corrected chi connectivity index (χ1v) is 8.85. The maximum absolute atomic E-state index is 12.6. The molecule has 0 aliphatic rings. The molecule has 0 aliphatic heterocycles. The molecule has 26 heavy (non-hydrogen) atoms. The number of methoxy groups -OCH3 is 1. The topological polar surface area (TPSA) is 80.2 Å². The number of halogens is 1. The highest BCUT2D eigenvalue weighted by atomic mass is 35.5. The van der Waals surface area contributed by atoms with Gasteiger partial charge in [-0.15, -0.1) is 0 Å². The first kappa shape index (κ1) is 19.9. The predicted molar refractivity (Wildman–Crippen MR) is 102 cm³/mol. The van der Waals surface area contributed by atoms with Crippen molar-refractivity contribution >= 4 is 23.5 Å². The summed E-state index contributed by atoms with van der Waals surface area (Å²) in [6.07, 6.45) is 3.18. The van der Waals surface area contributed by atoms with E-state index in [0.29, 0.717) is 5.95 Å². The molecule has 0 saturated heterocycles. The number of hydrogen-bond donors (Lipinski definition) is 1. The van der Waals surface area contributed by atoms with Gasteiger partial charge in [0.2, 0.25) is 5.95 Å². The molecule has 7 nitrogen and oxygen atoms in total. The number of aromatic nitrogens is 3. The van der Waals surface area contributed by atoms with Gasteiger partial charge in [0.15, 0.2) is 5.69 Å². The highest BCUT2D eigenvalue weighted by molar-refractivity contribution is 6.33. The van der Waals surface area contributed by atoms with Crippen LogP contribution in [-0.2, 0) is 6.54 Å². The lowest BCUT2D eigenvalue weighted by Crippen LogP contribution is -2.28. The molecule has 2 heterocycles. The molecule has 2 aromatic heterocycles. The van der Waals surface area contributed by atoms with Crippen molar-refractivity contribution in [2.45, 2.75) is 34.2 Å². The first-order valence-electron chi connectivity index (χ1n) is 8.47. The zero-order valence-corrected chi connectivity index (χ0v) is 16.5. The molecule has 0 aromatic carbocycles. The highest BCUT2D eigenvalue weighted by Crippen LogP contribution is 2.24. The number of rotatable bonds is 7. The van der Waals surface area contributed by atoms with Crippen LogP contribution in [0.1, 0.15) is 41.2 Å². The number of hydrogen-bond acceptors (Lipinski definition) is 6. The summed E-state index contributed by atoms with van der Waals surface area (Å²) in [7, 11) is 1.62. The van der Waals surface area contributed by atoms with Gasteiger partial charge in [0.25, 0.3) is 5.91 Å². The van der Waals surface area contributed by atoms with E-state index in [2.05, 4.69) is 20.3 Å². The molecule has 0 spiro atoms. The lowest BCUT2D eigenvalue weighted by atomic mass is 10.1. The number of aryl methyl sites for hydroxylation is 1. The van der Waals surface area contributed by atoms with Gasteiger partial charge in [0.05, 0.1) is 30.6 Å². The number of ether oxygens (including phenoxy) is 1. The number of amides is 1. The summed E-state index contributed by atoms with van der Waals surface area (Å²) in [5.41, 5.74) is 2.73. The van der Waals surface area contributed by atoms with Crippen molar-refractivity contribution in [2.24, 2.45) is 0 Å². The Morgan fingerprint density at radius 2 is 1.92 bits per heavy atom. The first-order chi connectivity index (χ1) is 12.4. The maximum Gasteiger partial charge on any atom is 0.271 e. The third-order valence-electron chi connectivity index (χ3n) is 4.16. The highest BCUT2D eigenvalue weighted by Gasteiger charge is 2.17. The van der Waals surface area contributed by atoms with E-state index in [1.165, 1.54) is 6.20 Å². The van der Waals surface area contributed by atoms with Gasteiger partial charge >= 0.3 is 0 Å². The molecule has 1 N–H and O–H groups in total. The fraction of sp³-hybridized carbons (Fsp3) is 0.444. The average molecular weight is 378 g/mol. The van der Waals surface area contributed by atoms with Crippen LogP contribution in [0, 0.1) is 13.8 Å². The Balaban J connectivity index is 2.19. The average Bonchev–Trinajstić information content (AvgIpc) is 2.63. The van der Waals surface area contributed by atoms with Crippen molar-refractivity contribution in [1.29, 1.82) is 0 Å². The van der Waals surface area contributed by atoms with Crippen LogP contribution >= 0.6 is 11.6 Å². The van der Waals surface area contributed by atoms with Crippen LogP contribution in [0.4, 0.5) is 5.95 Å². The molecule has 8 heteroatoms. The molecule has 2 aromatic rings. The van der Waals surface area contributed by atoms with Crippen LogP contribution in [-0.4, -0.2) is 41.1 Å². The molecule has 2 rings (SSSR count). The predicted octanol–water partition coefficient (Wildman–Crippen LogP) is 2.93. The molecule has 0 saturated carbocycles. The molecule has 0 bridgehead atoms. The van der Waals surface area contributed by atoms with E-state index in [0.717, 1.165) is 35.7 Å². The summed E-state index contributed by atoms with van der Waals surface area (Å²) < 4.78 is 5.39.